The highest BCUT2D eigenvalue weighted by molar-refractivity contribution is 7.86. The van der Waals surface area contributed by atoms with Gasteiger partial charge in [-0.05, 0) is 0 Å². The van der Waals surface area contributed by atoms with Crippen LogP contribution in [-0.4, -0.2) is 28.3 Å². The molecule has 0 saturated carbocycles. The summed E-state index contributed by atoms with van der Waals surface area (Å²) in [5.74, 6) is -2.26. The van der Waals surface area contributed by atoms with Gasteiger partial charge >= 0.3 is 0 Å². The molecule has 0 heterocycles. The molecule has 0 atom stereocenters. The Balaban J connectivity index is 3.50. The lowest BCUT2D eigenvalue weighted by atomic mass is 10.3. The molecule has 0 aliphatic heterocycles. The molecule has 0 radical (unpaired) electrons. The maximum absolute atomic E-state index is 10.5. The molecule has 1 rings (SSSR count). The van der Waals surface area contributed by atoms with Gasteiger partial charge in [0.05, 0.1) is 0 Å². The molecule has 0 aliphatic carbocycles. The van der Waals surface area contributed by atoms with Crippen molar-refractivity contribution in [2.75, 3.05) is 0 Å². The minimum absolute atomic E-state index is 0.542. The molecule has 0 unspecified atom stereocenters. The van der Waals surface area contributed by atoms with Crippen molar-refractivity contribution in [2.24, 2.45) is 0 Å². The summed E-state index contributed by atoms with van der Waals surface area (Å²) < 4.78 is 29.5. The predicted octanol–water partition coefficient (Wildman–Crippen LogP) is 0.0501. The number of hydrogen-bond acceptors (Lipinski definition) is 5. The van der Waals surface area contributed by atoms with Crippen LogP contribution < -0.4 is 0 Å². The van der Waals surface area contributed by atoms with Crippen molar-refractivity contribution >= 4 is 10.1 Å². The van der Waals surface area contributed by atoms with Crippen molar-refractivity contribution in [3.8, 4) is 17.2 Å². The highest BCUT2D eigenvalue weighted by Crippen LogP contribution is 2.34. The number of rotatable bonds is 1. The minimum Gasteiger partial charge on any atom is -0.506 e. The summed E-state index contributed by atoms with van der Waals surface area (Å²) in [6, 6.07) is 1.15. The zero-order valence-electron chi connectivity index (χ0n) is 6.17. The second-order valence-electron chi connectivity index (χ2n) is 2.28. The van der Waals surface area contributed by atoms with E-state index in [4.69, 9.17) is 19.9 Å². The summed E-state index contributed by atoms with van der Waals surface area (Å²) in [5, 5.41) is 26.6. The predicted molar refractivity (Wildman–Crippen MR) is 41.3 cm³/mol. The van der Waals surface area contributed by atoms with Gasteiger partial charge in [0.2, 0.25) is 0 Å². The maximum Gasteiger partial charge on any atom is 0.298 e. The highest BCUT2D eigenvalue weighted by atomic mass is 32.2. The Morgan fingerprint density at radius 3 is 1.85 bits per heavy atom. The molecule has 4 N–H and O–H groups in total. The van der Waals surface area contributed by atoms with Crippen LogP contribution in [0.3, 0.4) is 0 Å². The van der Waals surface area contributed by atoms with Gasteiger partial charge in [-0.25, -0.2) is 0 Å². The third-order valence-corrected chi connectivity index (χ3v) is 2.22. The summed E-state index contributed by atoms with van der Waals surface area (Å²) in [4.78, 5) is -0.859. The largest absolute Gasteiger partial charge is 0.506 e. The van der Waals surface area contributed by atoms with Crippen LogP contribution in [0, 0.1) is 0 Å². The maximum atomic E-state index is 10.5. The van der Waals surface area contributed by atoms with Crippen LogP contribution >= 0.6 is 0 Å². The number of phenols is 3. The molecule has 1 aromatic carbocycles. The Morgan fingerprint density at radius 2 is 1.38 bits per heavy atom. The molecule has 0 aromatic heterocycles. The molecular weight excluding hydrogens is 200 g/mol. The zero-order chi connectivity index (χ0) is 10.2. The first-order valence-corrected chi connectivity index (χ1v) is 4.49. The van der Waals surface area contributed by atoms with Gasteiger partial charge in [0.25, 0.3) is 10.1 Å². The molecule has 0 fully saturated rings. The van der Waals surface area contributed by atoms with Crippen LogP contribution in [0.25, 0.3) is 0 Å². The van der Waals surface area contributed by atoms with Crippen molar-refractivity contribution in [3.63, 3.8) is 0 Å². The van der Waals surface area contributed by atoms with Crippen LogP contribution in [0.1, 0.15) is 0 Å². The Morgan fingerprint density at radius 1 is 0.923 bits per heavy atom. The Hall–Kier alpha value is -1.47. The first kappa shape index (κ1) is 9.62. The number of hydrogen-bond donors (Lipinski definition) is 4. The molecule has 0 amide bonds. The second kappa shape index (κ2) is 2.79. The van der Waals surface area contributed by atoms with E-state index in [0.29, 0.717) is 12.1 Å². The van der Waals surface area contributed by atoms with Crippen LogP contribution in [0.2, 0.25) is 0 Å². The molecule has 13 heavy (non-hydrogen) atoms. The lowest BCUT2D eigenvalue weighted by Crippen LogP contribution is -1.98. The fourth-order valence-corrected chi connectivity index (χ4v) is 1.34. The second-order valence-corrected chi connectivity index (χ2v) is 3.67. The molecule has 7 heteroatoms. The molecule has 72 valence electrons. The van der Waals surface area contributed by atoms with Gasteiger partial charge in [-0.3, -0.25) is 4.55 Å². The molecular formula is C6H6O6S. The average molecular weight is 206 g/mol. The fraction of sp³-hybridized carbons (Fsp3) is 0. The number of phenolic OH excluding ortho intramolecular Hbond substituents is 3. The lowest BCUT2D eigenvalue weighted by Gasteiger charge is -2.02. The molecule has 0 aliphatic rings. The zero-order valence-corrected chi connectivity index (χ0v) is 6.98. The molecule has 1 aromatic rings. The summed E-state index contributed by atoms with van der Waals surface area (Å²) in [6.45, 7) is 0. The highest BCUT2D eigenvalue weighted by Gasteiger charge is 2.18. The monoisotopic (exact) mass is 206 g/mol. The van der Waals surface area contributed by atoms with E-state index in [2.05, 4.69) is 0 Å². The average Bonchev–Trinajstić information content (AvgIpc) is 1.94. The van der Waals surface area contributed by atoms with E-state index in [9.17, 15) is 8.42 Å². The van der Waals surface area contributed by atoms with E-state index in [1.807, 2.05) is 0 Å². The van der Waals surface area contributed by atoms with E-state index in [0.717, 1.165) is 0 Å². The first-order valence-electron chi connectivity index (χ1n) is 3.05. The van der Waals surface area contributed by atoms with Crippen molar-refractivity contribution in [2.45, 2.75) is 4.90 Å². The first-order chi connectivity index (χ1) is 5.82. The van der Waals surface area contributed by atoms with Gasteiger partial charge in [-0.2, -0.15) is 8.42 Å². The molecule has 6 nitrogen and oxygen atoms in total. The third-order valence-electron chi connectivity index (χ3n) is 1.33. The van der Waals surface area contributed by atoms with Gasteiger partial charge in [0, 0.05) is 12.1 Å². The Bertz CT molecular complexity index is 435. The molecule has 0 spiro atoms. The standard InChI is InChI=1S/C6H6O6S/c7-3-1-5(9)6(2-4(3)8)13(10,11)12/h1-2,7-9H,(H,10,11,12). The van der Waals surface area contributed by atoms with Crippen LogP contribution in [0.4, 0.5) is 0 Å². The van der Waals surface area contributed by atoms with Gasteiger partial charge in [-0.15, -0.1) is 0 Å². The quantitative estimate of drug-likeness (QED) is 0.293. The van der Waals surface area contributed by atoms with Crippen LogP contribution in [-0.2, 0) is 10.1 Å². The minimum atomic E-state index is -4.59. The smallest absolute Gasteiger partial charge is 0.298 e. The normalized spacial score (nSPS) is 11.5. The summed E-state index contributed by atoms with van der Waals surface area (Å²) in [7, 11) is -4.59. The molecule has 0 bridgehead atoms. The fourth-order valence-electron chi connectivity index (χ4n) is 0.753. The van der Waals surface area contributed by atoms with Gasteiger partial charge in [-0.1, -0.05) is 0 Å². The van der Waals surface area contributed by atoms with Crippen LogP contribution in [0.5, 0.6) is 17.2 Å². The van der Waals surface area contributed by atoms with Crippen molar-refractivity contribution in [1.29, 1.82) is 0 Å². The van der Waals surface area contributed by atoms with E-state index >= 15 is 0 Å². The van der Waals surface area contributed by atoms with E-state index in [1.54, 1.807) is 0 Å². The Kier molecular flexibility index (Phi) is 2.06. The van der Waals surface area contributed by atoms with Gasteiger partial charge in [0.1, 0.15) is 10.6 Å². The topological polar surface area (TPSA) is 115 Å². The van der Waals surface area contributed by atoms with E-state index < -0.39 is 32.3 Å². The van der Waals surface area contributed by atoms with Gasteiger partial charge < -0.3 is 15.3 Å². The van der Waals surface area contributed by atoms with Gasteiger partial charge in [0.15, 0.2) is 11.5 Å². The number of aromatic hydroxyl groups is 3. The Labute approximate surface area is 73.4 Å². The van der Waals surface area contributed by atoms with Crippen molar-refractivity contribution in [1.82, 2.24) is 0 Å². The van der Waals surface area contributed by atoms with Crippen molar-refractivity contribution < 1.29 is 28.3 Å². The summed E-state index contributed by atoms with van der Waals surface area (Å²) in [6.07, 6.45) is 0. The number of benzene rings is 1. The third kappa shape index (κ3) is 1.82. The summed E-state index contributed by atoms with van der Waals surface area (Å²) >= 11 is 0. The summed E-state index contributed by atoms with van der Waals surface area (Å²) in [5.41, 5.74) is 0. The van der Waals surface area contributed by atoms with Crippen LogP contribution in [0.15, 0.2) is 17.0 Å². The van der Waals surface area contributed by atoms with E-state index in [1.165, 1.54) is 0 Å². The molecule has 0 saturated heterocycles. The lowest BCUT2D eigenvalue weighted by molar-refractivity contribution is 0.389. The van der Waals surface area contributed by atoms with E-state index in [-0.39, 0.29) is 0 Å². The van der Waals surface area contributed by atoms with Crippen molar-refractivity contribution in [3.05, 3.63) is 12.1 Å². The SMILES string of the molecule is O=S(=O)(O)c1cc(O)c(O)cc1O.